The molecule has 138 valence electrons. The Morgan fingerprint density at radius 2 is 1.93 bits per heavy atom. The number of carboxylic acid groups (broad SMARTS) is 1. The Hall–Kier alpha value is -3.06. The second-order valence-corrected chi connectivity index (χ2v) is 6.68. The molecule has 0 N–H and O–H groups in total. The summed E-state index contributed by atoms with van der Waals surface area (Å²) in [4.78, 5) is 29.8. The molecule has 0 aliphatic carbocycles. The number of benzene rings is 2. The van der Waals surface area contributed by atoms with Gasteiger partial charge in [-0.15, -0.1) is 0 Å². The molecule has 0 saturated carbocycles. The number of carbonyl (C=O) groups excluding carboxylic acids is 2. The Balaban J connectivity index is 1.87. The number of ether oxygens (including phenoxy) is 1. The van der Waals surface area contributed by atoms with E-state index in [1.165, 1.54) is 28.8 Å². The van der Waals surface area contributed by atoms with Crippen LogP contribution in [0.3, 0.4) is 0 Å². The zero-order valence-corrected chi connectivity index (χ0v) is 15.7. The van der Waals surface area contributed by atoms with Crippen LogP contribution in [0.1, 0.15) is 22.8 Å². The third-order valence-corrected chi connectivity index (χ3v) is 4.90. The number of para-hydroxylation sites is 1. The number of thioether (sulfide) groups is 1. The highest BCUT2D eigenvalue weighted by Crippen LogP contribution is 2.34. The molecule has 0 aromatic heterocycles. The van der Waals surface area contributed by atoms with Gasteiger partial charge in [-0.05, 0) is 48.5 Å². The molecule has 1 heterocycles. The first-order chi connectivity index (χ1) is 13.0. The standard InChI is InChI=1S/C20H18N2O4S/c1-3-26-16-7-5-4-6-14(16)12-17-18(23)22(2)20(27-17)21-15-10-8-13(9-11-15)19(24)25/h4-12H,3H2,1-2H3,(H,24,25)/p-1/b17-12-,21-20?. The fourth-order valence-electron chi connectivity index (χ4n) is 2.46. The van der Waals surface area contributed by atoms with Crippen LogP contribution in [-0.4, -0.2) is 35.6 Å². The van der Waals surface area contributed by atoms with Gasteiger partial charge >= 0.3 is 0 Å². The maximum atomic E-state index is 12.6. The molecular formula is C20H17N2O4S-. The minimum Gasteiger partial charge on any atom is -0.545 e. The average molecular weight is 381 g/mol. The zero-order valence-electron chi connectivity index (χ0n) is 14.8. The molecule has 0 bridgehead atoms. The summed E-state index contributed by atoms with van der Waals surface area (Å²) < 4.78 is 5.60. The summed E-state index contributed by atoms with van der Waals surface area (Å²) in [5.74, 6) is -0.682. The molecule has 1 aliphatic heterocycles. The summed E-state index contributed by atoms with van der Waals surface area (Å²) in [5.41, 5.74) is 1.46. The van der Waals surface area contributed by atoms with E-state index in [1.54, 1.807) is 25.3 Å². The highest BCUT2D eigenvalue weighted by Gasteiger charge is 2.30. The summed E-state index contributed by atoms with van der Waals surface area (Å²) in [7, 11) is 1.65. The largest absolute Gasteiger partial charge is 0.545 e. The highest BCUT2D eigenvalue weighted by atomic mass is 32.2. The number of likely N-dealkylation sites (N-methyl/N-ethyl adjacent to an activating group) is 1. The monoisotopic (exact) mass is 381 g/mol. The van der Waals surface area contributed by atoms with E-state index in [9.17, 15) is 14.7 Å². The number of aromatic carboxylic acids is 1. The van der Waals surface area contributed by atoms with Crippen LogP contribution in [0.5, 0.6) is 5.75 Å². The third-order valence-electron chi connectivity index (χ3n) is 3.84. The van der Waals surface area contributed by atoms with Gasteiger partial charge in [0, 0.05) is 12.6 Å². The molecule has 0 radical (unpaired) electrons. The fourth-order valence-corrected chi connectivity index (χ4v) is 3.44. The van der Waals surface area contributed by atoms with Gasteiger partial charge in [0.2, 0.25) is 0 Å². The van der Waals surface area contributed by atoms with Gasteiger partial charge in [0.25, 0.3) is 5.91 Å². The molecule has 27 heavy (non-hydrogen) atoms. The van der Waals surface area contributed by atoms with Crippen LogP contribution in [0, 0.1) is 0 Å². The number of carboxylic acids is 1. The van der Waals surface area contributed by atoms with Crippen LogP contribution in [0.25, 0.3) is 6.08 Å². The number of aliphatic imine (C=N–C) groups is 1. The van der Waals surface area contributed by atoms with Crippen molar-refractivity contribution in [3.8, 4) is 5.75 Å². The molecule has 3 rings (SSSR count). The van der Waals surface area contributed by atoms with E-state index in [0.29, 0.717) is 28.1 Å². The van der Waals surface area contributed by atoms with Crippen LogP contribution in [0.15, 0.2) is 58.4 Å². The van der Waals surface area contributed by atoms with Gasteiger partial charge in [-0.1, -0.05) is 30.3 Å². The maximum Gasteiger partial charge on any atom is 0.266 e. The maximum absolute atomic E-state index is 12.6. The van der Waals surface area contributed by atoms with Crippen LogP contribution in [0.2, 0.25) is 0 Å². The molecule has 1 fully saturated rings. The molecule has 6 nitrogen and oxygen atoms in total. The lowest BCUT2D eigenvalue weighted by Gasteiger charge is -2.08. The molecule has 2 aromatic carbocycles. The topological polar surface area (TPSA) is 82.0 Å². The summed E-state index contributed by atoms with van der Waals surface area (Å²) >= 11 is 1.26. The van der Waals surface area contributed by atoms with Crippen molar-refractivity contribution >= 4 is 40.6 Å². The Morgan fingerprint density at radius 1 is 1.22 bits per heavy atom. The molecule has 0 spiro atoms. The van der Waals surface area contributed by atoms with Crippen molar-refractivity contribution in [2.45, 2.75) is 6.92 Å². The smallest absolute Gasteiger partial charge is 0.266 e. The van der Waals surface area contributed by atoms with Crippen molar-refractivity contribution in [2.24, 2.45) is 4.99 Å². The minimum absolute atomic E-state index is 0.0792. The first-order valence-corrected chi connectivity index (χ1v) is 9.10. The van der Waals surface area contributed by atoms with Gasteiger partial charge in [0.15, 0.2) is 5.17 Å². The Kier molecular flexibility index (Phi) is 5.61. The van der Waals surface area contributed by atoms with Crippen molar-refractivity contribution in [3.05, 3.63) is 64.6 Å². The van der Waals surface area contributed by atoms with E-state index < -0.39 is 5.97 Å². The van der Waals surface area contributed by atoms with Gasteiger partial charge in [0.05, 0.1) is 23.2 Å². The molecule has 2 aromatic rings. The van der Waals surface area contributed by atoms with Gasteiger partial charge in [-0.3, -0.25) is 9.69 Å². The van der Waals surface area contributed by atoms with E-state index in [4.69, 9.17) is 4.74 Å². The normalized spacial score (nSPS) is 17.0. The van der Waals surface area contributed by atoms with Crippen LogP contribution >= 0.6 is 11.8 Å². The number of carbonyl (C=O) groups is 2. The summed E-state index contributed by atoms with van der Waals surface area (Å²) in [6.45, 7) is 2.44. The van der Waals surface area contributed by atoms with Gasteiger partial charge in [-0.2, -0.15) is 0 Å². The molecule has 7 heteroatoms. The lowest BCUT2D eigenvalue weighted by atomic mass is 10.2. The van der Waals surface area contributed by atoms with Gasteiger partial charge in [-0.25, -0.2) is 4.99 Å². The van der Waals surface area contributed by atoms with Gasteiger partial charge in [0.1, 0.15) is 5.75 Å². The lowest BCUT2D eigenvalue weighted by Crippen LogP contribution is -2.23. The van der Waals surface area contributed by atoms with Crippen LogP contribution in [-0.2, 0) is 4.79 Å². The Morgan fingerprint density at radius 3 is 2.59 bits per heavy atom. The van der Waals surface area contributed by atoms with Crippen molar-refractivity contribution in [2.75, 3.05) is 13.7 Å². The first-order valence-electron chi connectivity index (χ1n) is 8.29. The molecule has 1 aliphatic rings. The van der Waals surface area contributed by atoms with E-state index >= 15 is 0 Å². The van der Waals surface area contributed by atoms with E-state index in [1.807, 2.05) is 31.2 Å². The van der Waals surface area contributed by atoms with Crippen LogP contribution < -0.4 is 9.84 Å². The third kappa shape index (κ3) is 4.20. The molecule has 1 saturated heterocycles. The number of hydrogen-bond donors (Lipinski definition) is 0. The number of amidine groups is 1. The number of hydrogen-bond acceptors (Lipinski definition) is 6. The quantitative estimate of drug-likeness (QED) is 0.744. The van der Waals surface area contributed by atoms with E-state index in [0.717, 1.165) is 5.56 Å². The van der Waals surface area contributed by atoms with Crippen molar-refractivity contribution < 1.29 is 19.4 Å². The Labute approximate surface area is 161 Å². The van der Waals surface area contributed by atoms with Crippen molar-refractivity contribution in [1.29, 1.82) is 0 Å². The van der Waals surface area contributed by atoms with Crippen LogP contribution in [0.4, 0.5) is 5.69 Å². The average Bonchev–Trinajstić information content (AvgIpc) is 2.92. The van der Waals surface area contributed by atoms with E-state index in [2.05, 4.69) is 4.99 Å². The predicted molar refractivity (Wildman–Crippen MR) is 104 cm³/mol. The second-order valence-electron chi connectivity index (χ2n) is 5.67. The van der Waals surface area contributed by atoms with Gasteiger partial charge < -0.3 is 14.6 Å². The highest BCUT2D eigenvalue weighted by molar-refractivity contribution is 8.18. The summed E-state index contributed by atoms with van der Waals surface area (Å²) in [5, 5.41) is 11.3. The van der Waals surface area contributed by atoms with Crippen molar-refractivity contribution in [1.82, 2.24) is 4.90 Å². The molecule has 0 unspecified atom stereocenters. The predicted octanol–water partition coefficient (Wildman–Crippen LogP) is 2.68. The fraction of sp³-hybridized carbons (Fsp3) is 0.150. The first kappa shape index (κ1) is 18.7. The Bertz CT molecular complexity index is 935. The zero-order chi connectivity index (χ0) is 19.4. The molecule has 1 amide bonds. The molecule has 0 atom stereocenters. The lowest BCUT2D eigenvalue weighted by molar-refractivity contribution is -0.255. The number of rotatable bonds is 5. The minimum atomic E-state index is -1.24. The van der Waals surface area contributed by atoms with E-state index in [-0.39, 0.29) is 11.5 Å². The number of nitrogens with zero attached hydrogens (tertiary/aromatic N) is 2. The molecular weight excluding hydrogens is 364 g/mol. The summed E-state index contributed by atoms with van der Waals surface area (Å²) in [6, 6.07) is 13.5. The number of amides is 1. The van der Waals surface area contributed by atoms with Crippen molar-refractivity contribution in [3.63, 3.8) is 0 Å². The SMILES string of the molecule is CCOc1ccccc1/C=C1\SC(=Nc2ccc(C(=O)[O-])cc2)N(C)C1=O. The second kappa shape index (κ2) is 8.09. The summed E-state index contributed by atoms with van der Waals surface area (Å²) in [6.07, 6.45) is 1.79.